The molecule has 1 amide bonds. The summed E-state index contributed by atoms with van der Waals surface area (Å²) in [7, 11) is -0.761. The van der Waals surface area contributed by atoms with Gasteiger partial charge in [0, 0.05) is 0 Å². The molecule has 1 atom stereocenters. The number of carbonyl (C=O) groups excluding carboxylic acids is 1. The van der Waals surface area contributed by atoms with E-state index in [1.807, 2.05) is 12.1 Å². The number of carbonyl (C=O) groups is 1. The van der Waals surface area contributed by atoms with Crippen molar-refractivity contribution >= 4 is 33.2 Å². The Hall–Kier alpha value is -2.65. The summed E-state index contributed by atoms with van der Waals surface area (Å²) in [5, 5.41) is 2.92. The predicted octanol–water partition coefficient (Wildman–Crippen LogP) is 2.71. The number of ether oxygens (including phenoxy) is 3. The van der Waals surface area contributed by atoms with Gasteiger partial charge < -0.3 is 19.5 Å². The zero-order valence-corrected chi connectivity index (χ0v) is 18.8. The van der Waals surface area contributed by atoms with Crippen molar-refractivity contribution in [3.8, 4) is 17.2 Å². The molecule has 164 valence electrons. The maximum absolute atomic E-state index is 12.6. The van der Waals surface area contributed by atoms with Crippen LogP contribution in [0.25, 0.3) is 0 Å². The molecular weight excluding hydrogens is 432 g/mol. The van der Waals surface area contributed by atoms with E-state index in [1.165, 1.54) is 33.3 Å². The molecule has 0 aliphatic rings. The van der Waals surface area contributed by atoms with Gasteiger partial charge >= 0.3 is 0 Å². The quantitative estimate of drug-likeness (QED) is 0.552. The number of nitrogens with zero attached hydrogens (tertiary/aromatic N) is 1. The van der Waals surface area contributed by atoms with Crippen molar-refractivity contribution in [2.75, 3.05) is 37.9 Å². The van der Waals surface area contributed by atoms with Crippen LogP contribution in [-0.2, 0) is 14.8 Å². The summed E-state index contributed by atoms with van der Waals surface area (Å²) in [5.41, 5.74) is 0.260. The highest BCUT2D eigenvalue weighted by Crippen LogP contribution is 2.31. The normalized spacial score (nSPS) is 12.0. The number of nitrogens with one attached hydrogen (secondary N) is 1. The van der Waals surface area contributed by atoms with Crippen LogP contribution >= 0.6 is 11.6 Å². The monoisotopic (exact) mass is 456 g/mol. The average molecular weight is 457 g/mol. The van der Waals surface area contributed by atoms with Crippen molar-refractivity contribution in [1.29, 1.82) is 0 Å². The first-order valence-corrected chi connectivity index (χ1v) is 11.3. The number of hydrogen-bond donors (Lipinski definition) is 1. The molecule has 0 fully saturated rings. The van der Waals surface area contributed by atoms with Crippen molar-refractivity contribution in [3.63, 3.8) is 0 Å². The van der Waals surface area contributed by atoms with E-state index < -0.39 is 22.0 Å². The Morgan fingerprint density at radius 2 is 1.73 bits per heavy atom. The fourth-order valence-corrected chi connectivity index (χ4v) is 4.24. The zero-order valence-electron chi connectivity index (χ0n) is 17.2. The first-order valence-electron chi connectivity index (χ1n) is 9.05. The smallest absolute Gasteiger partial charge is 0.243 e. The fourth-order valence-electron chi connectivity index (χ4n) is 2.82. The van der Waals surface area contributed by atoms with E-state index in [-0.39, 0.29) is 23.9 Å². The third-order valence-corrected chi connectivity index (χ3v) is 5.74. The maximum Gasteiger partial charge on any atom is 0.243 e. The average Bonchev–Trinajstić information content (AvgIpc) is 2.70. The number of methoxy groups -OCH3 is 2. The molecule has 0 aliphatic carbocycles. The fraction of sp³-hybridized carbons (Fsp3) is 0.350. The number of halogens is 1. The molecule has 10 heteroatoms. The minimum Gasteiger partial charge on any atom is -0.495 e. The summed E-state index contributed by atoms with van der Waals surface area (Å²) in [6, 6.07) is 10.7. The van der Waals surface area contributed by atoms with E-state index in [9.17, 15) is 13.2 Å². The lowest BCUT2D eigenvalue weighted by molar-refractivity contribution is -0.121. The number of para-hydroxylation sites is 2. The van der Waals surface area contributed by atoms with E-state index in [4.69, 9.17) is 25.8 Å². The molecule has 2 aromatic rings. The van der Waals surface area contributed by atoms with Gasteiger partial charge in [-0.1, -0.05) is 23.7 Å². The number of hydrogen-bond acceptors (Lipinski definition) is 6. The Kier molecular flexibility index (Phi) is 8.19. The van der Waals surface area contributed by atoms with E-state index in [0.29, 0.717) is 17.2 Å². The van der Waals surface area contributed by atoms with Gasteiger partial charge in [0.15, 0.2) is 11.5 Å². The standard InChI is InChI=1S/C20H25ClN2O6S/c1-14(20(24)22-11-12-29-19-8-6-5-7-18(19)28-3)23(30(4,25)26)15-9-10-17(27-2)16(21)13-15/h5-10,13-14H,11-12H2,1-4H3,(H,22,24)/t14-/m1/s1. The third kappa shape index (κ3) is 5.93. The van der Waals surface area contributed by atoms with Crippen molar-refractivity contribution in [2.45, 2.75) is 13.0 Å². The summed E-state index contributed by atoms with van der Waals surface area (Å²) < 4.78 is 41.6. The van der Waals surface area contributed by atoms with Crippen LogP contribution in [0.5, 0.6) is 17.2 Å². The molecule has 0 saturated carbocycles. The molecule has 1 N–H and O–H groups in total. The molecule has 8 nitrogen and oxygen atoms in total. The molecule has 0 unspecified atom stereocenters. The number of sulfonamides is 1. The Morgan fingerprint density at radius 3 is 2.30 bits per heavy atom. The highest BCUT2D eigenvalue weighted by Gasteiger charge is 2.29. The summed E-state index contributed by atoms with van der Waals surface area (Å²) in [6.07, 6.45) is 1.03. The maximum atomic E-state index is 12.6. The van der Waals surface area contributed by atoms with Crippen molar-refractivity contribution in [2.24, 2.45) is 0 Å². The van der Waals surface area contributed by atoms with Gasteiger partial charge in [-0.05, 0) is 37.3 Å². The molecule has 0 spiro atoms. The molecular formula is C20H25ClN2O6S. The molecule has 0 aromatic heterocycles. The molecule has 0 radical (unpaired) electrons. The minimum atomic E-state index is -3.76. The van der Waals surface area contributed by atoms with E-state index in [0.717, 1.165) is 10.6 Å². The van der Waals surface area contributed by atoms with E-state index in [1.54, 1.807) is 18.2 Å². The first-order chi connectivity index (χ1) is 14.2. The summed E-state index contributed by atoms with van der Waals surface area (Å²) in [6.45, 7) is 1.86. The molecule has 2 rings (SSSR count). The number of anilines is 1. The lowest BCUT2D eigenvalue weighted by Gasteiger charge is -2.28. The summed E-state index contributed by atoms with van der Waals surface area (Å²) in [4.78, 5) is 12.6. The number of rotatable bonds is 10. The Bertz CT molecular complexity index is 983. The lowest BCUT2D eigenvalue weighted by atomic mass is 10.2. The Labute approximate surface area is 181 Å². The van der Waals surface area contributed by atoms with Crippen LogP contribution in [0, 0.1) is 0 Å². The molecule has 0 bridgehead atoms. The van der Waals surface area contributed by atoms with E-state index in [2.05, 4.69) is 5.32 Å². The van der Waals surface area contributed by atoms with Gasteiger partial charge in [0.2, 0.25) is 15.9 Å². The van der Waals surface area contributed by atoms with E-state index >= 15 is 0 Å². The second-order valence-corrected chi connectivity index (χ2v) is 8.61. The Balaban J connectivity index is 2.04. The number of benzene rings is 2. The molecule has 30 heavy (non-hydrogen) atoms. The van der Waals surface area contributed by atoms with Crippen LogP contribution in [0.1, 0.15) is 6.92 Å². The summed E-state index contributed by atoms with van der Waals surface area (Å²) >= 11 is 6.12. The van der Waals surface area contributed by atoms with Crippen LogP contribution in [0.4, 0.5) is 5.69 Å². The van der Waals surface area contributed by atoms with Gasteiger partial charge in [0.1, 0.15) is 18.4 Å². The second-order valence-electron chi connectivity index (χ2n) is 6.34. The van der Waals surface area contributed by atoms with Crippen LogP contribution in [0.2, 0.25) is 5.02 Å². The largest absolute Gasteiger partial charge is 0.495 e. The Morgan fingerprint density at radius 1 is 1.10 bits per heavy atom. The van der Waals surface area contributed by atoms with Gasteiger partial charge in [0.25, 0.3) is 0 Å². The van der Waals surface area contributed by atoms with Gasteiger partial charge in [0.05, 0.1) is 37.7 Å². The highest BCUT2D eigenvalue weighted by atomic mass is 35.5. The lowest BCUT2D eigenvalue weighted by Crippen LogP contribution is -2.48. The van der Waals surface area contributed by atoms with Crippen molar-refractivity contribution in [3.05, 3.63) is 47.5 Å². The molecule has 0 heterocycles. The number of amides is 1. The van der Waals surface area contributed by atoms with Crippen molar-refractivity contribution in [1.82, 2.24) is 5.32 Å². The minimum absolute atomic E-state index is 0.183. The highest BCUT2D eigenvalue weighted by molar-refractivity contribution is 7.92. The third-order valence-electron chi connectivity index (χ3n) is 4.21. The van der Waals surface area contributed by atoms with Gasteiger partial charge in [-0.2, -0.15) is 0 Å². The van der Waals surface area contributed by atoms with Gasteiger partial charge in [-0.3, -0.25) is 9.10 Å². The van der Waals surface area contributed by atoms with Gasteiger partial charge in [-0.25, -0.2) is 8.42 Å². The second kappa shape index (κ2) is 10.4. The zero-order chi connectivity index (χ0) is 22.3. The first kappa shape index (κ1) is 23.6. The van der Waals surface area contributed by atoms with Crippen LogP contribution < -0.4 is 23.8 Å². The topological polar surface area (TPSA) is 94.2 Å². The predicted molar refractivity (Wildman–Crippen MR) is 116 cm³/mol. The SMILES string of the molecule is COc1ccc(N([C@H](C)C(=O)NCCOc2ccccc2OC)S(C)(=O)=O)cc1Cl. The molecule has 2 aromatic carbocycles. The van der Waals surface area contributed by atoms with Crippen LogP contribution in [0.15, 0.2) is 42.5 Å². The molecule has 0 aliphatic heterocycles. The van der Waals surface area contributed by atoms with Crippen LogP contribution in [-0.4, -0.2) is 54.0 Å². The molecule has 0 saturated heterocycles. The summed E-state index contributed by atoms with van der Waals surface area (Å²) in [5.74, 6) is 1.06. The van der Waals surface area contributed by atoms with Crippen molar-refractivity contribution < 1.29 is 27.4 Å². The van der Waals surface area contributed by atoms with Gasteiger partial charge in [-0.15, -0.1) is 0 Å². The van der Waals surface area contributed by atoms with Crippen LogP contribution in [0.3, 0.4) is 0 Å².